The van der Waals surface area contributed by atoms with Gasteiger partial charge in [0.15, 0.2) is 11.5 Å². The fourth-order valence-corrected chi connectivity index (χ4v) is 4.15. The number of carbonyl (C=O) groups excluding carboxylic acids is 1. The summed E-state index contributed by atoms with van der Waals surface area (Å²) in [6, 6.07) is 20.9. The van der Waals surface area contributed by atoms with Crippen molar-refractivity contribution in [2.24, 2.45) is 0 Å². The van der Waals surface area contributed by atoms with Crippen molar-refractivity contribution < 1.29 is 14.3 Å². The summed E-state index contributed by atoms with van der Waals surface area (Å²) in [4.78, 5) is 13.9. The molecule has 0 aliphatic carbocycles. The third-order valence-electron chi connectivity index (χ3n) is 5.04. The number of thiophene rings is 1. The summed E-state index contributed by atoms with van der Waals surface area (Å²) in [5.41, 5.74) is 2.97. The van der Waals surface area contributed by atoms with Crippen LogP contribution in [0.5, 0.6) is 11.5 Å². The molecule has 0 unspecified atom stereocenters. The SMILES string of the molecule is COc1ccc(NC(=O)/C(C#N)=C/c2cn(Cc3ccccc3)nc2-c2cccs2)cc1OC. The lowest BCUT2D eigenvalue weighted by molar-refractivity contribution is -0.112. The summed E-state index contributed by atoms with van der Waals surface area (Å²) in [6.45, 7) is 0.576. The van der Waals surface area contributed by atoms with Gasteiger partial charge >= 0.3 is 0 Å². The minimum Gasteiger partial charge on any atom is -0.493 e. The molecule has 8 heteroatoms. The Morgan fingerprint density at radius 3 is 2.59 bits per heavy atom. The molecule has 170 valence electrons. The molecule has 0 fully saturated rings. The van der Waals surface area contributed by atoms with Gasteiger partial charge < -0.3 is 14.8 Å². The number of benzene rings is 2. The Bertz CT molecular complexity index is 1350. The maximum atomic E-state index is 12.9. The summed E-state index contributed by atoms with van der Waals surface area (Å²) in [6.07, 6.45) is 3.42. The van der Waals surface area contributed by atoms with Gasteiger partial charge in [-0.2, -0.15) is 10.4 Å². The first kappa shape index (κ1) is 22.8. The fourth-order valence-electron chi connectivity index (χ4n) is 3.42. The normalized spacial score (nSPS) is 11.0. The van der Waals surface area contributed by atoms with Crippen LogP contribution in [0.2, 0.25) is 0 Å². The van der Waals surface area contributed by atoms with E-state index in [4.69, 9.17) is 14.6 Å². The van der Waals surface area contributed by atoms with E-state index in [1.54, 1.807) is 35.6 Å². The number of nitrogens with one attached hydrogen (secondary N) is 1. The van der Waals surface area contributed by atoms with Gasteiger partial charge in [0.25, 0.3) is 5.91 Å². The smallest absolute Gasteiger partial charge is 0.266 e. The molecule has 0 bridgehead atoms. The Morgan fingerprint density at radius 2 is 1.91 bits per heavy atom. The number of nitrogens with zero attached hydrogens (tertiary/aromatic N) is 3. The zero-order valence-corrected chi connectivity index (χ0v) is 19.5. The summed E-state index contributed by atoms with van der Waals surface area (Å²) >= 11 is 1.55. The lowest BCUT2D eigenvalue weighted by atomic mass is 10.1. The molecule has 0 aliphatic heterocycles. The van der Waals surface area contributed by atoms with Crippen molar-refractivity contribution in [3.8, 4) is 28.1 Å². The first-order valence-electron chi connectivity index (χ1n) is 10.4. The molecule has 2 heterocycles. The average molecular weight is 471 g/mol. The van der Waals surface area contributed by atoms with Crippen molar-refractivity contribution in [3.05, 3.63) is 88.9 Å². The molecule has 0 atom stereocenters. The lowest BCUT2D eigenvalue weighted by Gasteiger charge is -2.10. The van der Waals surface area contributed by atoms with Crippen LogP contribution in [0.15, 0.2) is 77.8 Å². The number of aromatic nitrogens is 2. The highest BCUT2D eigenvalue weighted by molar-refractivity contribution is 7.13. The topological polar surface area (TPSA) is 89.2 Å². The van der Waals surface area contributed by atoms with Gasteiger partial charge in [0.05, 0.1) is 25.6 Å². The van der Waals surface area contributed by atoms with Crippen molar-refractivity contribution in [1.82, 2.24) is 9.78 Å². The monoisotopic (exact) mass is 470 g/mol. The van der Waals surface area contributed by atoms with Gasteiger partial charge in [0.2, 0.25) is 0 Å². The molecule has 2 aromatic heterocycles. The van der Waals surface area contributed by atoms with Crippen molar-refractivity contribution in [2.75, 3.05) is 19.5 Å². The highest BCUT2D eigenvalue weighted by Crippen LogP contribution is 2.31. The molecule has 1 amide bonds. The van der Waals surface area contributed by atoms with E-state index >= 15 is 0 Å². The van der Waals surface area contributed by atoms with E-state index < -0.39 is 5.91 Å². The number of hydrogen-bond donors (Lipinski definition) is 1. The molecular weight excluding hydrogens is 448 g/mol. The second-order valence-electron chi connectivity index (χ2n) is 7.29. The van der Waals surface area contributed by atoms with Crippen molar-refractivity contribution >= 4 is 29.0 Å². The van der Waals surface area contributed by atoms with Crippen LogP contribution in [0.4, 0.5) is 5.69 Å². The molecule has 0 saturated carbocycles. The lowest BCUT2D eigenvalue weighted by Crippen LogP contribution is -2.13. The van der Waals surface area contributed by atoms with Crippen LogP contribution in [-0.4, -0.2) is 29.9 Å². The van der Waals surface area contributed by atoms with Gasteiger partial charge in [-0.3, -0.25) is 9.48 Å². The molecular formula is C26H22N4O3S. The van der Waals surface area contributed by atoms with E-state index in [-0.39, 0.29) is 5.57 Å². The van der Waals surface area contributed by atoms with Crippen molar-refractivity contribution in [1.29, 1.82) is 5.26 Å². The maximum Gasteiger partial charge on any atom is 0.266 e. The Morgan fingerprint density at radius 1 is 1.12 bits per heavy atom. The number of ether oxygens (including phenoxy) is 2. The average Bonchev–Trinajstić information content (AvgIpc) is 3.53. The number of hydrogen-bond acceptors (Lipinski definition) is 6. The predicted molar refractivity (Wildman–Crippen MR) is 133 cm³/mol. The van der Waals surface area contributed by atoms with Gasteiger partial charge in [0.1, 0.15) is 17.3 Å². The minimum absolute atomic E-state index is 0.0353. The number of nitriles is 1. The molecule has 2 aromatic carbocycles. The number of carbonyl (C=O) groups is 1. The van der Waals surface area contributed by atoms with E-state index in [1.165, 1.54) is 14.2 Å². The zero-order chi connectivity index (χ0) is 23.9. The molecule has 0 spiro atoms. The molecule has 4 rings (SSSR count). The van der Waals surface area contributed by atoms with Gasteiger partial charge in [-0.25, -0.2) is 0 Å². The van der Waals surface area contributed by atoms with Crippen LogP contribution in [0.1, 0.15) is 11.1 Å². The van der Waals surface area contributed by atoms with Crippen LogP contribution in [0.25, 0.3) is 16.6 Å². The number of anilines is 1. The van der Waals surface area contributed by atoms with Crippen molar-refractivity contribution in [2.45, 2.75) is 6.54 Å². The summed E-state index contributed by atoms with van der Waals surface area (Å²) in [7, 11) is 3.05. The number of amides is 1. The molecule has 0 radical (unpaired) electrons. The second-order valence-corrected chi connectivity index (χ2v) is 8.23. The quantitative estimate of drug-likeness (QED) is 0.282. The van der Waals surface area contributed by atoms with E-state index in [0.29, 0.717) is 29.3 Å². The Kier molecular flexibility index (Phi) is 7.06. The standard InChI is InChI=1S/C26H22N4O3S/c1-32-22-11-10-21(14-23(22)33-2)28-26(31)19(15-27)13-20-17-30(16-18-7-4-3-5-8-18)29-25(20)24-9-6-12-34-24/h3-14,17H,16H2,1-2H3,(H,28,31)/b19-13+. The second kappa shape index (κ2) is 10.5. The zero-order valence-electron chi connectivity index (χ0n) is 18.7. The third kappa shape index (κ3) is 5.17. The number of methoxy groups -OCH3 is 2. The van der Waals surface area contributed by atoms with Gasteiger partial charge in [-0.1, -0.05) is 36.4 Å². The highest BCUT2D eigenvalue weighted by Gasteiger charge is 2.16. The van der Waals surface area contributed by atoms with Crippen LogP contribution in [0, 0.1) is 11.3 Å². The van der Waals surface area contributed by atoms with E-state index in [2.05, 4.69) is 5.32 Å². The fraction of sp³-hybridized carbons (Fsp3) is 0.115. The predicted octanol–water partition coefficient (Wildman–Crippen LogP) is 5.22. The summed E-state index contributed by atoms with van der Waals surface area (Å²) < 4.78 is 12.3. The summed E-state index contributed by atoms with van der Waals surface area (Å²) in [5.74, 6) is 0.496. The maximum absolute atomic E-state index is 12.9. The van der Waals surface area contributed by atoms with E-state index in [0.717, 1.165) is 16.1 Å². The summed E-state index contributed by atoms with van der Waals surface area (Å²) in [5, 5.41) is 19.2. The van der Waals surface area contributed by atoms with E-state index in [9.17, 15) is 10.1 Å². The largest absolute Gasteiger partial charge is 0.493 e. The highest BCUT2D eigenvalue weighted by atomic mass is 32.1. The molecule has 0 saturated heterocycles. The van der Waals surface area contributed by atoms with Gasteiger partial charge in [0, 0.05) is 23.5 Å². The van der Waals surface area contributed by atoms with Gasteiger partial charge in [-0.05, 0) is 35.2 Å². The molecule has 34 heavy (non-hydrogen) atoms. The molecule has 1 N–H and O–H groups in total. The van der Waals surface area contributed by atoms with Crippen LogP contribution < -0.4 is 14.8 Å². The molecule has 7 nitrogen and oxygen atoms in total. The Hall–Kier alpha value is -4.35. The Labute approximate surface area is 201 Å². The minimum atomic E-state index is -0.525. The first-order chi connectivity index (χ1) is 16.6. The first-order valence-corrected chi connectivity index (χ1v) is 11.3. The van der Waals surface area contributed by atoms with Crippen LogP contribution in [-0.2, 0) is 11.3 Å². The number of rotatable bonds is 8. The molecule has 0 aliphatic rings. The Balaban J connectivity index is 1.64. The van der Waals surface area contributed by atoms with Crippen LogP contribution >= 0.6 is 11.3 Å². The molecule has 4 aromatic rings. The van der Waals surface area contributed by atoms with E-state index in [1.807, 2.05) is 64.8 Å². The van der Waals surface area contributed by atoms with Crippen molar-refractivity contribution in [3.63, 3.8) is 0 Å². The van der Waals surface area contributed by atoms with Gasteiger partial charge in [-0.15, -0.1) is 11.3 Å². The van der Waals surface area contributed by atoms with Crippen LogP contribution in [0.3, 0.4) is 0 Å². The third-order valence-corrected chi connectivity index (χ3v) is 5.91.